The molecule has 0 heterocycles. The van der Waals surface area contributed by atoms with Gasteiger partial charge in [0.1, 0.15) is 5.82 Å². The average molecular weight is 318 g/mol. The highest BCUT2D eigenvalue weighted by Crippen LogP contribution is 2.32. The molecule has 0 saturated heterocycles. The lowest BCUT2D eigenvalue weighted by Gasteiger charge is -2.11. The van der Waals surface area contributed by atoms with Crippen LogP contribution < -0.4 is 5.32 Å². The van der Waals surface area contributed by atoms with Crippen LogP contribution in [0.5, 0.6) is 0 Å². The van der Waals surface area contributed by atoms with Crippen molar-refractivity contribution in [3.8, 4) is 0 Å². The topological polar surface area (TPSA) is 29.1 Å². The number of halogens is 5. The van der Waals surface area contributed by atoms with Gasteiger partial charge in [-0.3, -0.25) is 4.79 Å². The van der Waals surface area contributed by atoms with Crippen LogP contribution >= 0.6 is 11.6 Å². The number of hydrogen-bond donors (Lipinski definition) is 1. The zero-order valence-corrected chi connectivity index (χ0v) is 11.1. The fourth-order valence-electron chi connectivity index (χ4n) is 1.62. The molecule has 0 spiro atoms. The number of benzene rings is 2. The lowest BCUT2D eigenvalue weighted by molar-refractivity contribution is -0.137. The van der Waals surface area contributed by atoms with Crippen molar-refractivity contribution in [2.24, 2.45) is 0 Å². The number of rotatable bonds is 2. The largest absolute Gasteiger partial charge is 0.416 e. The monoisotopic (exact) mass is 317 g/mol. The number of nitrogens with one attached hydrogen (secondary N) is 1. The van der Waals surface area contributed by atoms with E-state index >= 15 is 0 Å². The predicted octanol–water partition coefficient (Wildman–Crippen LogP) is 4.75. The maximum absolute atomic E-state index is 13.5. The maximum atomic E-state index is 13.5. The van der Waals surface area contributed by atoms with Crippen molar-refractivity contribution < 1.29 is 22.4 Å². The van der Waals surface area contributed by atoms with Gasteiger partial charge < -0.3 is 5.32 Å². The Morgan fingerprint density at radius 2 is 1.81 bits per heavy atom. The first kappa shape index (κ1) is 15.3. The Bertz CT molecular complexity index is 685. The molecule has 0 fully saturated rings. The minimum atomic E-state index is -4.62. The summed E-state index contributed by atoms with van der Waals surface area (Å²) in [7, 11) is 0. The van der Waals surface area contributed by atoms with Gasteiger partial charge in [0.05, 0.1) is 11.3 Å². The highest BCUT2D eigenvalue weighted by molar-refractivity contribution is 6.31. The maximum Gasteiger partial charge on any atom is 0.416 e. The van der Waals surface area contributed by atoms with Gasteiger partial charge in [0.15, 0.2) is 0 Å². The van der Waals surface area contributed by atoms with Crippen molar-refractivity contribution in [1.29, 1.82) is 0 Å². The standard InChI is InChI=1S/C14H8ClF4NO/c15-10-3-1-2-8(6-10)13(21)20-12-7-9(14(17,18)19)4-5-11(12)16/h1-7H,(H,20,21). The molecule has 2 rings (SSSR count). The van der Waals surface area contributed by atoms with Crippen LogP contribution in [0.15, 0.2) is 42.5 Å². The molecule has 0 unspecified atom stereocenters. The Labute approximate surface area is 122 Å². The predicted molar refractivity (Wildman–Crippen MR) is 70.8 cm³/mol. The van der Waals surface area contributed by atoms with Crippen molar-refractivity contribution >= 4 is 23.2 Å². The third-order valence-electron chi connectivity index (χ3n) is 2.63. The number of carbonyl (C=O) groups is 1. The van der Waals surface area contributed by atoms with E-state index in [0.717, 1.165) is 0 Å². The van der Waals surface area contributed by atoms with Crippen molar-refractivity contribution in [3.63, 3.8) is 0 Å². The minimum Gasteiger partial charge on any atom is -0.319 e. The number of anilines is 1. The summed E-state index contributed by atoms with van der Waals surface area (Å²) in [6, 6.07) is 7.55. The zero-order chi connectivity index (χ0) is 15.6. The fraction of sp³-hybridized carbons (Fsp3) is 0.0714. The molecule has 0 aliphatic carbocycles. The van der Waals surface area contributed by atoms with Gasteiger partial charge in [0.25, 0.3) is 5.91 Å². The Morgan fingerprint density at radius 1 is 1.10 bits per heavy atom. The highest BCUT2D eigenvalue weighted by Gasteiger charge is 2.31. The summed E-state index contributed by atoms with van der Waals surface area (Å²) in [5.74, 6) is -1.71. The first-order chi connectivity index (χ1) is 9.77. The second kappa shape index (κ2) is 5.73. The molecule has 0 aromatic heterocycles. The molecule has 0 atom stereocenters. The van der Waals surface area contributed by atoms with Crippen LogP contribution in [0.3, 0.4) is 0 Å². The lowest BCUT2D eigenvalue weighted by Crippen LogP contribution is -2.14. The third kappa shape index (κ3) is 3.72. The Balaban J connectivity index is 2.29. The molecule has 1 amide bonds. The molecule has 0 bridgehead atoms. The summed E-state index contributed by atoms with van der Waals surface area (Å²) in [6.07, 6.45) is -4.62. The SMILES string of the molecule is O=C(Nc1cc(C(F)(F)F)ccc1F)c1cccc(Cl)c1. The summed E-state index contributed by atoms with van der Waals surface area (Å²) in [4.78, 5) is 11.9. The Kier molecular flexibility index (Phi) is 4.18. The van der Waals surface area contributed by atoms with Gasteiger partial charge in [-0.1, -0.05) is 17.7 Å². The number of carbonyl (C=O) groups excluding carboxylic acids is 1. The van der Waals surface area contributed by atoms with E-state index < -0.39 is 29.2 Å². The second-order valence-corrected chi connectivity index (χ2v) is 4.59. The number of amides is 1. The summed E-state index contributed by atoms with van der Waals surface area (Å²) >= 11 is 5.71. The summed E-state index contributed by atoms with van der Waals surface area (Å²) in [6.45, 7) is 0. The minimum absolute atomic E-state index is 0.110. The van der Waals surface area contributed by atoms with E-state index in [-0.39, 0.29) is 10.6 Å². The van der Waals surface area contributed by atoms with Crippen LogP contribution in [0.1, 0.15) is 15.9 Å². The van der Waals surface area contributed by atoms with Crippen molar-refractivity contribution in [1.82, 2.24) is 0 Å². The van der Waals surface area contributed by atoms with Gasteiger partial charge in [0, 0.05) is 10.6 Å². The molecule has 0 saturated carbocycles. The first-order valence-corrected chi connectivity index (χ1v) is 6.09. The van der Waals surface area contributed by atoms with Crippen molar-refractivity contribution in [2.45, 2.75) is 6.18 Å². The quantitative estimate of drug-likeness (QED) is 0.796. The first-order valence-electron chi connectivity index (χ1n) is 5.71. The smallest absolute Gasteiger partial charge is 0.319 e. The van der Waals surface area contributed by atoms with Crippen molar-refractivity contribution in [2.75, 3.05) is 5.32 Å². The lowest BCUT2D eigenvalue weighted by atomic mass is 10.1. The van der Waals surface area contributed by atoms with Gasteiger partial charge in [-0.25, -0.2) is 4.39 Å². The molecule has 7 heteroatoms. The van der Waals surface area contributed by atoms with Crippen LogP contribution in [0, 0.1) is 5.82 Å². The molecule has 2 aromatic rings. The Morgan fingerprint density at radius 3 is 2.43 bits per heavy atom. The fourth-order valence-corrected chi connectivity index (χ4v) is 1.81. The molecular weight excluding hydrogens is 310 g/mol. The molecule has 110 valence electrons. The summed E-state index contributed by atoms with van der Waals surface area (Å²) < 4.78 is 51.2. The molecule has 1 N–H and O–H groups in total. The molecule has 0 aliphatic heterocycles. The van der Waals surface area contributed by atoms with Gasteiger partial charge in [-0.2, -0.15) is 13.2 Å². The van der Waals surface area contributed by atoms with Gasteiger partial charge >= 0.3 is 6.18 Å². The van der Waals surface area contributed by atoms with E-state index in [1.807, 2.05) is 0 Å². The van der Waals surface area contributed by atoms with Crippen molar-refractivity contribution in [3.05, 3.63) is 64.4 Å². The van der Waals surface area contributed by atoms with E-state index in [2.05, 4.69) is 5.32 Å². The summed E-state index contributed by atoms with van der Waals surface area (Å²) in [5.41, 5.74) is -1.49. The Hall–Kier alpha value is -2.08. The van der Waals surface area contributed by atoms with Gasteiger partial charge in [-0.05, 0) is 36.4 Å². The number of alkyl halides is 3. The third-order valence-corrected chi connectivity index (χ3v) is 2.86. The van der Waals surface area contributed by atoms with Crippen LogP contribution in [0.25, 0.3) is 0 Å². The number of hydrogen-bond acceptors (Lipinski definition) is 1. The van der Waals surface area contributed by atoms with Crippen LogP contribution in [-0.4, -0.2) is 5.91 Å². The van der Waals surface area contributed by atoms with Crippen LogP contribution in [0.2, 0.25) is 5.02 Å². The van der Waals surface area contributed by atoms with E-state index in [0.29, 0.717) is 18.2 Å². The molecular formula is C14H8ClF4NO. The van der Waals surface area contributed by atoms with E-state index in [9.17, 15) is 22.4 Å². The summed E-state index contributed by atoms with van der Waals surface area (Å²) in [5, 5.41) is 2.38. The highest BCUT2D eigenvalue weighted by atomic mass is 35.5. The molecule has 2 nitrogen and oxygen atoms in total. The van der Waals surface area contributed by atoms with E-state index in [1.165, 1.54) is 24.3 Å². The second-order valence-electron chi connectivity index (χ2n) is 4.16. The van der Waals surface area contributed by atoms with Gasteiger partial charge in [0.2, 0.25) is 0 Å². The van der Waals surface area contributed by atoms with Crippen LogP contribution in [0.4, 0.5) is 23.2 Å². The zero-order valence-electron chi connectivity index (χ0n) is 10.3. The van der Waals surface area contributed by atoms with Gasteiger partial charge in [-0.15, -0.1) is 0 Å². The molecule has 2 aromatic carbocycles. The molecule has 21 heavy (non-hydrogen) atoms. The molecule has 0 aliphatic rings. The van der Waals surface area contributed by atoms with E-state index in [1.54, 1.807) is 0 Å². The molecule has 0 radical (unpaired) electrons. The van der Waals surface area contributed by atoms with Crippen LogP contribution in [-0.2, 0) is 6.18 Å². The average Bonchev–Trinajstić information content (AvgIpc) is 2.40. The normalized spacial score (nSPS) is 11.3. The van der Waals surface area contributed by atoms with E-state index in [4.69, 9.17) is 11.6 Å².